The Morgan fingerprint density at radius 2 is 1.97 bits per heavy atom. The lowest BCUT2D eigenvalue weighted by molar-refractivity contribution is -0.131. The Bertz CT molecular complexity index is 1120. The molecule has 3 aromatic rings. The molecule has 31 heavy (non-hydrogen) atoms. The Labute approximate surface area is 186 Å². The van der Waals surface area contributed by atoms with E-state index in [0.717, 1.165) is 46.8 Å². The highest BCUT2D eigenvalue weighted by molar-refractivity contribution is 6.32. The molecular weight excluding hydrogens is 416 g/mol. The molecular formula is C22H27ClN6O2. The fourth-order valence-electron chi connectivity index (χ4n) is 4.28. The van der Waals surface area contributed by atoms with Crippen LogP contribution < -0.4 is 9.64 Å². The number of pyridine rings is 2. The third kappa shape index (κ3) is 4.04. The summed E-state index contributed by atoms with van der Waals surface area (Å²) in [6, 6.07) is 3.66. The predicted octanol–water partition coefficient (Wildman–Crippen LogP) is 2.92. The van der Waals surface area contributed by atoms with Crippen molar-refractivity contribution in [2.24, 2.45) is 7.05 Å². The summed E-state index contributed by atoms with van der Waals surface area (Å²) in [6.07, 6.45) is 2.83. The van der Waals surface area contributed by atoms with E-state index in [0.29, 0.717) is 36.8 Å². The first-order valence-electron chi connectivity index (χ1n) is 10.4. The smallest absolute Gasteiger partial charge is 0.242 e. The van der Waals surface area contributed by atoms with Crippen LogP contribution in [-0.4, -0.2) is 63.8 Å². The number of methoxy groups -OCH3 is 1. The number of carbonyl (C=O) groups is 1. The van der Waals surface area contributed by atoms with Crippen molar-refractivity contribution in [3.63, 3.8) is 0 Å². The van der Waals surface area contributed by atoms with Crippen molar-refractivity contribution < 1.29 is 9.53 Å². The summed E-state index contributed by atoms with van der Waals surface area (Å²) < 4.78 is 7.17. The van der Waals surface area contributed by atoms with Gasteiger partial charge in [0.1, 0.15) is 5.82 Å². The van der Waals surface area contributed by atoms with Crippen LogP contribution in [0.25, 0.3) is 11.0 Å². The highest BCUT2D eigenvalue weighted by atomic mass is 35.5. The fraction of sp³-hybridized carbons (Fsp3) is 0.455. The average molecular weight is 443 g/mol. The maximum atomic E-state index is 12.9. The standard InChI is InChI=1S/C22H27ClN6O2/c1-14-16(15(2)25-21-19(14)22(31-4)26-27(21)3)7-8-18(30)28-10-12-29(13-11-28)20-17(23)6-5-9-24-20/h5-6,9H,7-8,10-13H2,1-4H3. The molecule has 3 aromatic heterocycles. The Morgan fingerprint density at radius 1 is 1.23 bits per heavy atom. The lowest BCUT2D eigenvalue weighted by Crippen LogP contribution is -2.49. The number of rotatable bonds is 5. The summed E-state index contributed by atoms with van der Waals surface area (Å²) in [4.78, 5) is 26.0. The SMILES string of the molecule is COc1nn(C)c2nc(C)c(CCC(=O)N3CCN(c4ncccc4Cl)CC3)c(C)c12. The highest BCUT2D eigenvalue weighted by Crippen LogP contribution is 2.30. The molecule has 0 N–H and O–H groups in total. The minimum Gasteiger partial charge on any atom is -0.479 e. The van der Waals surface area contributed by atoms with E-state index in [-0.39, 0.29) is 5.91 Å². The van der Waals surface area contributed by atoms with Gasteiger partial charge in [0.2, 0.25) is 11.8 Å². The summed E-state index contributed by atoms with van der Waals surface area (Å²) in [5, 5.41) is 5.95. The van der Waals surface area contributed by atoms with Gasteiger partial charge in [0.25, 0.3) is 0 Å². The molecule has 1 aliphatic rings. The summed E-state index contributed by atoms with van der Waals surface area (Å²) in [5.41, 5.74) is 3.89. The number of anilines is 1. The van der Waals surface area contributed by atoms with Crippen LogP contribution in [0.2, 0.25) is 5.02 Å². The highest BCUT2D eigenvalue weighted by Gasteiger charge is 2.24. The number of piperazine rings is 1. The molecule has 4 rings (SSSR count). The number of aromatic nitrogens is 4. The van der Waals surface area contributed by atoms with Crippen LogP contribution >= 0.6 is 11.6 Å². The zero-order valence-corrected chi connectivity index (χ0v) is 19.1. The van der Waals surface area contributed by atoms with Crippen LogP contribution in [0, 0.1) is 13.8 Å². The first-order chi connectivity index (χ1) is 14.9. The van der Waals surface area contributed by atoms with Crippen molar-refractivity contribution in [2.45, 2.75) is 26.7 Å². The Morgan fingerprint density at radius 3 is 2.65 bits per heavy atom. The van der Waals surface area contributed by atoms with E-state index >= 15 is 0 Å². The largest absolute Gasteiger partial charge is 0.479 e. The molecule has 0 bridgehead atoms. The number of halogens is 1. The summed E-state index contributed by atoms with van der Waals surface area (Å²) in [6.45, 7) is 6.81. The van der Waals surface area contributed by atoms with Crippen molar-refractivity contribution in [3.05, 3.63) is 40.2 Å². The molecule has 0 saturated carbocycles. The number of nitrogens with zero attached hydrogens (tertiary/aromatic N) is 6. The van der Waals surface area contributed by atoms with Gasteiger partial charge >= 0.3 is 0 Å². The number of fused-ring (bicyclic) bond motifs is 1. The number of ether oxygens (including phenoxy) is 1. The molecule has 0 aromatic carbocycles. The molecule has 0 radical (unpaired) electrons. The van der Waals surface area contributed by atoms with Gasteiger partial charge in [0.15, 0.2) is 5.65 Å². The Kier molecular flexibility index (Phi) is 6.00. The van der Waals surface area contributed by atoms with Crippen LogP contribution in [0.1, 0.15) is 23.2 Å². The first-order valence-corrected chi connectivity index (χ1v) is 10.8. The van der Waals surface area contributed by atoms with Gasteiger partial charge in [-0.1, -0.05) is 11.6 Å². The second-order valence-corrected chi connectivity index (χ2v) is 8.22. The van der Waals surface area contributed by atoms with E-state index in [1.165, 1.54) is 0 Å². The van der Waals surface area contributed by atoms with Gasteiger partial charge < -0.3 is 14.5 Å². The average Bonchev–Trinajstić information content (AvgIpc) is 3.09. The van der Waals surface area contributed by atoms with Gasteiger partial charge in [-0.3, -0.25) is 4.79 Å². The van der Waals surface area contributed by atoms with Crippen molar-refractivity contribution in [1.82, 2.24) is 24.6 Å². The van der Waals surface area contributed by atoms with Gasteiger partial charge in [-0.05, 0) is 43.5 Å². The van der Waals surface area contributed by atoms with E-state index < -0.39 is 0 Å². The lowest BCUT2D eigenvalue weighted by atomic mass is 10.00. The summed E-state index contributed by atoms with van der Waals surface area (Å²) >= 11 is 6.26. The molecule has 0 aliphatic carbocycles. The van der Waals surface area contributed by atoms with Crippen LogP contribution in [0.4, 0.5) is 5.82 Å². The fourth-order valence-corrected chi connectivity index (χ4v) is 4.52. The molecule has 1 saturated heterocycles. The molecule has 0 spiro atoms. The minimum absolute atomic E-state index is 0.156. The van der Waals surface area contributed by atoms with Crippen LogP contribution in [0.15, 0.2) is 18.3 Å². The van der Waals surface area contributed by atoms with E-state index in [4.69, 9.17) is 21.3 Å². The normalized spacial score (nSPS) is 14.4. The Hall–Kier alpha value is -2.87. The van der Waals surface area contributed by atoms with Gasteiger partial charge in [-0.2, -0.15) is 0 Å². The van der Waals surface area contributed by atoms with Crippen molar-refractivity contribution >= 4 is 34.4 Å². The Balaban J connectivity index is 1.43. The monoisotopic (exact) mass is 442 g/mol. The van der Waals surface area contributed by atoms with Crippen LogP contribution in [-0.2, 0) is 18.3 Å². The molecule has 0 atom stereocenters. The molecule has 1 aliphatic heterocycles. The number of aryl methyl sites for hydroxylation is 3. The zero-order valence-electron chi connectivity index (χ0n) is 18.4. The number of hydrogen-bond acceptors (Lipinski definition) is 6. The predicted molar refractivity (Wildman–Crippen MR) is 121 cm³/mol. The minimum atomic E-state index is 0.156. The van der Waals surface area contributed by atoms with Crippen molar-refractivity contribution in [1.29, 1.82) is 0 Å². The van der Waals surface area contributed by atoms with E-state index in [1.54, 1.807) is 18.0 Å². The van der Waals surface area contributed by atoms with Crippen molar-refractivity contribution in [2.75, 3.05) is 38.2 Å². The van der Waals surface area contributed by atoms with Crippen LogP contribution in [0.5, 0.6) is 5.88 Å². The van der Waals surface area contributed by atoms with Gasteiger partial charge in [-0.25, -0.2) is 14.6 Å². The van der Waals surface area contributed by atoms with E-state index in [1.807, 2.05) is 31.0 Å². The molecule has 164 valence electrons. The maximum Gasteiger partial charge on any atom is 0.242 e. The van der Waals surface area contributed by atoms with Gasteiger partial charge in [-0.15, -0.1) is 5.10 Å². The number of hydrogen-bond donors (Lipinski definition) is 0. The summed E-state index contributed by atoms with van der Waals surface area (Å²) in [7, 11) is 3.47. The molecule has 0 unspecified atom stereocenters. The lowest BCUT2D eigenvalue weighted by Gasteiger charge is -2.35. The number of amides is 1. The molecule has 4 heterocycles. The maximum absolute atomic E-state index is 12.9. The van der Waals surface area contributed by atoms with Crippen molar-refractivity contribution in [3.8, 4) is 5.88 Å². The molecule has 1 fully saturated rings. The van der Waals surface area contributed by atoms with Gasteiger partial charge in [0, 0.05) is 51.5 Å². The van der Waals surface area contributed by atoms with Gasteiger partial charge in [0.05, 0.1) is 17.5 Å². The third-order valence-corrected chi connectivity index (χ3v) is 6.27. The van der Waals surface area contributed by atoms with Crippen LogP contribution in [0.3, 0.4) is 0 Å². The molecule has 9 heteroatoms. The second-order valence-electron chi connectivity index (χ2n) is 7.81. The topological polar surface area (TPSA) is 76.4 Å². The first kappa shape index (κ1) is 21.4. The third-order valence-electron chi connectivity index (χ3n) is 5.98. The molecule has 8 nitrogen and oxygen atoms in total. The van der Waals surface area contributed by atoms with E-state index in [9.17, 15) is 4.79 Å². The summed E-state index contributed by atoms with van der Waals surface area (Å²) in [5.74, 6) is 1.51. The second kappa shape index (κ2) is 8.70. The quantitative estimate of drug-likeness (QED) is 0.604. The molecule has 1 amide bonds. The number of carbonyl (C=O) groups excluding carboxylic acids is 1. The zero-order chi connectivity index (χ0) is 22.1. The van der Waals surface area contributed by atoms with E-state index in [2.05, 4.69) is 21.9 Å².